The molecule has 2 aliphatic heterocycles. The van der Waals surface area contributed by atoms with E-state index >= 15 is 0 Å². The minimum absolute atomic E-state index is 0.00126. The fourth-order valence-corrected chi connectivity index (χ4v) is 4.78. The molecule has 0 radical (unpaired) electrons. The highest BCUT2D eigenvalue weighted by Gasteiger charge is 2.51. The number of aromatic nitrogens is 3. The van der Waals surface area contributed by atoms with Gasteiger partial charge in [-0.3, -0.25) is 9.48 Å². The number of amides is 1. The molecule has 4 rings (SSSR count). The second kappa shape index (κ2) is 5.77. The predicted molar refractivity (Wildman–Crippen MR) is 87.5 cm³/mol. The van der Waals surface area contributed by atoms with Crippen LogP contribution in [0, 0.1) is 5.82 Å². The number of carbonyl (C=O) groups excluding carboxylic acids is 1. The van der Waals surface area contributed by atoms with Crippen molar-refractivity contribution in [1.82, 2.24) is 19.7 Å². The van der Waals surface area contributed by atoms with E-state index in [4.69, 9.17) is 4.74 Å². The Bertz CT molecular complexity index is 775. The second-order valence-corrected chi connectivity index (χ2v) is 7.72. The Kier molecular flexibility index (Phi) is 3.71. The number of pyridine rings is 1. The maximum absolute atomic E-state index is 13.6. The van der Waals surface area contributed by atoms with Gasteiger partial charge in [-0.25, -0.2) is 9.37 Å². The Morgan fingerprint density at radius 3 is 2.96 bits per heavy atom. The zero-order valence-corrected chi connectivity index (χ0v) is 14.0. The van der Waals surface area contributed by atoms with Crippen LogP contribution in [-0.2, 0) is 7.05 Å². The maximum atomic E-state index is 13.6. The molecule has 0 bridgehead atoms. The van der Waals surface area contributed by atoms with Gasteiger partial charge in [0.25, 0.3) is 11.8 Å². The fraction of sp³-hybridized carbons (Fsp3) is 0.438. The van der Waals surface area contributed by atoms with Gasteiger partial charge in [-0.05, 0) is 18.2 Å². The summed E-state index contributed by atoms with van der Waals surface area (Å²) >= 11 is 1.80. The quantitative estimate of drug-likeness (QED) is 0.845. The predicted octanol–water partition coefficient (Wildman–Crippen LogP) is 1.73. The third-order valence-corrected chi connectivity index (χ3v) is 6.04. The van der Waals surface area contributed by atoms with Gasteiger partial charge in [0.1, 0.15) is 11.8 Å². The lowest BCUT2D eigenvalue weighted by Crippen LogP contribution is -2.61. The molecule has 2 fully saturated rings. The first-order valence-electron chi connectivity index (χ1n) is 7.75. The molecule has 24 heavy (non-hydrogen) atoms. The van der Waals surface area contributed by atoms with Crippen LogP contribution in [0.25, 0.3) is 0 Å². The van der Waals surface area contributed by atoms with Crippen LogP contribution < -0.4 is 4.74 Å². The first kappa shape index (κ1) is 15.4. The van der Waals surface area contributed by atoms with E-state index < -0.39 is 5.82 Å². The van der Waals surface area contributed by atoms with Gasteiger partial charge >= 0.3 is 0 Å². The van der Waals surface area contributed by atoms with Crippen LogP contribution in [0.2, 0.25) is 0 Å². The zero-order valence-electron chi connectivity index (χ0n) is 13.2. The highest BCUT2D eigenvalue weighted by atomic mass is 32.2. The summed E-state index contributed by atoms with van der Waals surface area (Å²) < 4.78 is 20.9. The number of rotatable bonds is 3. The van der Waals surface area contributed by atoms with Crippen LogP contribution in [0.1, 0.15) is 16.9 Å². The van der Waals surface area contributed by atoms with E-state index in [9.17, 15) is 9.18 Å². The topological polar surface area (TPSA) is 60.2 Å². The summed E-state index contributed by atoms with van der Waals surface area (Å²) in [5, 5.41) is 4.04. The van der Waals surface area contributed by atoms with Crippen LogP contribution >= 0.6 is 11.8 Å². The molecule has 1 spiro atoms. The Balaban J connectivity index is 1.36. The molecular weight excluding hydrogens is 331 g/mol. The van der Waals surface area contributed by atoms with Crippen molar-refractivity contribution in [3.05, 3.63) is 42.1 Å². The van der Waals surface area contributed by atoms with Gasteiger partial charge in [-0.15, -0.1) is 11.8 Å². The van der Waals surface area contributed by atoms with Gasteiger partial charge in [0.15, 0.2) is 5.82 Å². The smallest absolute Gasteiger partial charge is 0.272 e. The molecule has 8 heteroatoms. The lowest BCUT2D eigenvalue weighted by Gasteiger charge is -2.47. The van der Waals surface area contributed by atoms with E-state index in [-0.39, 0.29) is 22.6 Å². The second-order valence-electron chi connectivity index (χ2n) is 6.23. The maximum Gasteiger partial charge on any atom is 0.272 e. The molecule has 1 unspecified atom stereocenters. The van der Waals surface area contributed by atoms with Crippen molar-refractivity contribution in [2.75, 3.05) is 18.8 Å². The SMILES string of the molecule is Cn1nccc1C(=O)N1CC2(CC(Oc3ncccc3F)CS2)C1. The van der Waals surface area contributed by atoms with Gasteiger partial charge in [0.05, 0.1) is 4.75 Å². The number of halogens is 1. The first-order valence-corrected chi connectivity index (χ1v) is 8.73. The number of carbonyl (C=O) groups is 1. The minimum atomic E-state index is -0.440. The zero-order chi connectivity index (χ0) is 16.7. The minimum Gasteiger partial charge on any atom is -0.471 e. The summed E-state index contributed by atoms with van der Waals surface area (Å²) in [5.74, 6) is 0.401. The summed E-state index contributed by atoms with van der Waals surface area (Å²) in [6.45, 7) is 1.37. The van der Waals surface area contributed by atoms with Crippen molar-refractivity contribution >= 4 is 17.7 Å². The normalized spacial score (nSPS) is 21.8. The summed E-state index contributed by atoms with van der Waals surface area (Å²) in [6.07, 6.45) is 3.86. The van der Waals surface area contributed by atoms with E-state index in [1.165, 1.54) is 12.3 Å². The number of likely N-dealkylation sites (tertiary alicyclic amines) is 1. The van der Waals surface area contributed by atoms with E-state index in [1.807, 2.05) is 4.90 Å². The molecule has 2 aromatic rings. The molecule has 2 saturated heterocycles. The number of ether oxygens (including phenoxy) is 1. The number of hydrogen-bond acceptors (Lipinski definition) is 5. The van der Waals surface area contributed by atoms with Gasteiger partial charge < -0.3 is 9.64 Å². The average Bonchev–Trinajstić information content (AvgIpc) is 3.14. The van der Waals surface area contributed by atoms with Crippen LogP contribution in [0.4, 0.5) is 4.39 Å². The van der Waals surface area contributed by atoms with E-state index in [2.05, 4.69) is 10.1 Å². The number of nitrogens with zero attached hydrogens (tertiary/aromatic N) is 4. The number of hydrogen-bond donors (Lipinski definition) is 0. The van der Waals surface area contributed by atoms with Gasteiger partial charge in [-0.2, -0.15) is 5.10 Å². The Morgan fingerprint density at radius 2 is 2.25 bits per heavy atom. The molecule has 126 valence electrons. The highest BCUT2D eigenvalue weighted by molar-refractivity contribution is 8.01. The third kappa shape index (κ3) is 2.64. The van der Waals surface area contributed by atoms with Crippen molar-refractivity contribution in [3.63, 3.8) is 0 Å². The van der Waals surface area contributed by atoms with Crippen molar-refractivity contribution in [2.24, 2.45) is 7.05 Å². The third-order valence-electron chi connectivity index (χ3n) is 4.46. The summed E-state index contributed by atoms with van der Waals surface area (Å²) in [6, 6.07) is 4.61. The molecule has 2 aromatic heterocycles. The molecule has 6 nitrogen and oxygen atoms in total. The number of aryl methyl sites for hydroxylation is 1. The Morgan fingerprint density at radius 1 is 1.42 bits per heavy atom. The van der Waals surface area contributed by atoms with Crippen LogP contribution in [0.5, 0.6) is 5.88 Å². The van der Waals surface area contributed by atoms with Crippen LogP contribution in [-0.4, -0.2) is 55.3 Å². The van der Waals surface area contributed by atoms with Crippen molar-refractivity contribution < 1.29 is 13.9 Å². The molecule has 4 heterocycles. The van der Waals surface area contributed by atoms with Crippen LogP contribution in [0.15, 0.2) is 30.6 Å². The lowest BCUT2D eigenvalue weighted by molar-refractivity contribution is 0.0503. The van der Waals surface area contributed by atoms with Gasteiger partial charge in [0, 0.05) is 44.7 Å². The fourth-order valence-electron chi connectivity index (χ4n) is 3.25. The Labute approximate surface area is 143 Å². The Hall–Kier alpha value is -2.09. The van der Waals surface area contributed by atoms with Gasteiger partial charge in [-0.1, -0.05) is 0 Å². The van der Waals surface area contributed by atoms with Crippen molar-refractivity contribution in [3.8, 4) is 5.88 Å². The summed E-state index contributed by atoms with van der Waals surface area (Å²) in [4.78, 5) is 18.2. The lowest BCUT2D eigenvalue weighted by atomic mass is 9.92. The molecular formula is C16H17FN4O2S. The largest absolute Gasteiger partial charge is 0.471 e. The molecule has 1 amide bonds. The monoisotopic (exact) mass is 348 g/mol. The van der Waals surface area contributed by atoms with E-state index in [0.717, 1.165) is 12.2 Å². The molecule has 0 saturated carbocycles. The van der Waals surface area contributed by atoms with Crippen LogP contribution in [0.3, 0.4) is 0 Å². The molecule has 0 aliphatic carbocycles. The molecule has 0 aromatic carbocycles. The number of thioether (sulfide) groups is 1. The van der Waals surface area contributed by atoms with Crippen molar-refractivity contribution in [2.45, 2.75) is 17.3 Å². The average molecular weight is 348 g/mol. The highest BCUT2D eigenvalue weighted by Crippen LogP contribution is 2.46. The first-order chi connectivity index (χ1) is 11.6. The molecule has 2 aliphatic rings. The van der Waals surface area contributed by atoms with Gasteiger partial charge in [0.2, 0.25) is 0 Å². The standard InChI is InChI=1S/C16H17FN4O2S/c1-20-13(4-6-19-20)15(22)21-9-16(10-21)7-11(8-24-16)23-14-12(17)3-2-5-18-14/h2-6,11H,7-10H2,1H3. The van der Waals surface area contributed by atoms with E-state index in [0.29, 0.717) is 18.8 Å². The summed E-state index contributed by atoms with van der Waals surface area (Å²) in [5.41, 5.74) is 0.594. The van der Waals surface area contributed by atoms with E-state index in [1.54, 1.807) is 41.8 Å². The molecule has 1 atom stereocenters. The molecule has 0 N–H and O–H groups in total. The summed E-state index contributed by atoms with van der Waals surface area (Å²) in [7, 11) is 1.76. The van der Waals surface area contributed by atoms with Crippen molar-refractivity contribution in [1.29, 1.82) is 0 Å².